The minimum Gasteiger partial charge on any atom is -0.461 e. The summed E-state index contributed by atoms with van der Waals surface area (Å²) in [6.45, 7) is 1.78. The van der Waals surface area contributed by atoms with Gasteiger partial charge in [-0.3, -0.25) is 14.9 Å². The van der Waals surface area contributed by atoms with Crippen molar-refractivity contribution in [3.8, 4) is 0 Å². The lowest BCUT2D eigenvalue weighted by Crippen LogP contribution is -2.26. The predicted molar refractivity (Wildman–Crippen MR) is 75.9 cm³/mol. The topological polar surface area (TPSA) is 60.3 Å². The van der Waals surface area contributed by atoms with E-state index in [0.29, 0.717) is 11.0 Å². The van der Waals surface area contributed by atoms with Crippen LogP contribution >= 0.6 is 0 Å². The van der Waals surface area contributed by atoms with Gasteiger partial charge < -0.3 is 4.74 Å². The van der Waals surface area contributed by atoms with E-state index in [0.717, 1.165) is 16.9 Å². The van der Waals surface area contributed by atoms with Crippen LogP contribution in [-0.4, -0.2) is 31.0 Å². The Bertz CT molecular complexity index is 667. The van der Waals surface area contributed by atoms with Gasteiger partial charge in [-0.05, 0) is 19.1 Å². The van der Waals surface area contributed by atoms with Crippen molar-refractivity contribution in [2.45, 2.75) is 6.92 Å². The molecule has 0 atom stereocenters. The number of aromatic nitrogens is 1. The summed E-state index contributed by atoms with van der Waals surface area (Å²) in [5.74, 6) is -1.88. The number of amides is 1. The lowest BCUT2D eigenvalue weighted by Gasteiger charge is -2.10. The van der Waals surface area contributed by atoms with Crippen LogP contribution in [0.2, 0.25) is 0 Å². The first kappa shape index (κ1) is 14.8. The number of esters is 1. The molecule has 2 rings (SSSR count). The predicted octanol–water partition coefficient (Wildman–Crippen LogP) is 0.982. The van der Waals surface area contributed by atoms with Crippen LogP contribution in [0, 0.1) is 5.82 Å². The third-order valence-electron chi connectivity index (χ3n) is 2.67. The molecule has 1 aromatic heterocycles. The number of carbonyl (C=O) groups excluding carboxylic acids is 2. The van der Waals surface area contributed by atoms with Crippen molar-refractivity contribution >= 4 is 25.2 Å². The third kappa shape index (κ3) is 3.50. The van der Waals surface area contributed by atoms with Gasteiger partial charge in [-0.1, -0.05) is 17.6 Å². The summed E-state index contributed by atoms with van der Waals surface area (Å²) in [6, 6.07) is 7.17. The van der Waals surface area contributed by atoms with Gasteiger partial charge in [0.1, 0.15) is 13.7 Å². The molecule has 0 spiro atoms. The Morgan fingerprint density at radius 3 is 2.62 bits per heavy atom. The number of carbonyl (C=O) groups is 2. The van der Waals surface area contributed by atoms with Crippen LogP contribution in [-0.2, 0) is 4.74 Å². The Balaban J connectivity index is 2.21. The number of rotatable bonds is 4. The van der Waals surface area contributed by atoms with E-state index in [1.807, 2.05) is 0 Å². The number of halogens is 1. The molecule has 1 amide bonds. The molecule has 2 aromatic rings. The molecule has 0 aliphatic rings. The van der Waals surface area contributed by atoms with Gasteiger partial charge in [0.2, 0.25) is 0 Å². The van der Waals surface area contributed by atoms with Crippen LogP contribution in [0.25, 0.3) is 0 Å². The van der Waals surface area contributed by atoms with Crippen LogP contribution in [0.5, 0.6) is 0 Å². The standard InChI is InChI=1S/C14H12BFN2O3/c1-2-21-14(20)12-7-11(16)8-18(12)17-13(19)9-3-5-10(15)6-4-9/h3-8H,2H2,1H3,(H,17,19). The summed E-state index contributed by atoms with van der Waals surface area (Å²) in [5.41, 5.74) is 3.15. The molecule has 0 saturated carbocycles. The smallest absolute Gasteiger partial charge is 0.356 e. The van der Waals surface area contributed by atoms with E-state index in [9.17, 15) is 14.0 Å². The average Bonchev–Trinajstić information content (AvgIpc) is 2.80. The number of benzene rings is 1. The maximum absolute atomic E-state index is 13.3. The van der Waals surface area contributed by atoms with E-state index in [1.54, 1.807) is 19.1 Å². The van der Waals surface area contributed by atoms with Crippen LogP contribution in [0.3, 0.4) is 0 Å². The normalized spacial score (nSPS) is 10.2. The van der Waals surface area contributed by atoms with Gasteiger partial charge in [-0.2, -0.15) is 0 Å². The second-order valence-electron chi connectivity index (χ2n) is 4.20. The summed E-state index contributed by atoms with van der Waals surface area (Å²) in [4.78, 5) is 23.7. The van der Waals surface area contributed by atoms with Crippen LogP contribution in [0.4, 0.5) is 4.39 Å². The summed E-state index contributed by atoms with van der Waals surface area (Å²) >= 11 is 0. The van der Waals surface area contributed by atoms with E-state index >= 15 is 0 Å². The zero-order chi connectivity index (χ0) is 15.4. The fraction of sp³-hybridized carbons (Fsp3) is 0.143. The van der Waals surface area contributed by atoms with Crippen LogP contribution < -0.4 is 10.9 Å². The molecule has 0 unspecified atom stereocenters. The van der Waals surface area contributed by atoms with Crippen molar-refractivity contribution in [1.29, 1.82) is 0 Å². The van der Waals surface area contributed by atoms with Gasteiger partial charge in [0.25, 0.3) is 5.91 Å². The maximum atomic E-state index is 13.3. The van der Waals surface area contributed by atoms with E-state index in [4.69, 9.17) is 12.6 Å². The van der Waals surface area contributed by atoms with Crippen molar-refractivity contribution in [3.63, 3.8) is 0 Å². The molecule has 1 aromatic carbocycles. The Kier molecular flexibility index (Phi) is 4.42. The van der Waals surface area contributed by atoms with Gasteiger partial charge in [-0.25, -0.2) is 9.18 Å². The monoisotopic (exact) mass is 286 g/mol. The first-order valence-corrected chi connectivity index (χ1v) is 6.23. The largest absolute Gasteiger partial charge is 0.461 e. The fourth-order valence-electron chi connectivity index (χ4n) is 1.69. The number of hydrogen-bond donors (Lipinski definition) is 1. The third-order valence-corrected chi connectivity index (χ3v) is 2.67. The lowest BCUT2D eigenvalue weighted by molar-refractivity contribution is 0.0515. The Morgan fingerprint density at radius 2 is 2.00 bits per heavy atom. The number of ether oxygens (including phenoxy) is 1. The summed E-state index contributed by atoms with van der Waals surface area (Å²) in [7, 11) is 5.53. The first-order valence-electron chi connectivity index (χ1n) is 6.23. The summed E-state index contributed by atoms with van der Waals surface area (Å²) in [6.07, 6.45) is 0.988. The molecule has 1 N–H and O–H groups in total. The maximum Gasteiger partial charge on any atom is 0.356 e. The van der Waals surface area contributed by atoms with Crippen LogP contribution in [0.15, 0.2) is 36.5 Å². The molecule has 0 fully saturated rings. The summed E-state index contributed by atoms with van der Waals surface area (Å²) < 4.78 is 19.1. The van der Waals surface area contributed by atoms with Gasteiger partial charge in [0, 0.05) is 11.6 Å². The molecular formula is C14H12BFN2O3. The van der Waals surface area contributed by atoms with Crippen molar-refractivity contribution in [3.05, 3.63) is 53.6 Å². The average molecular weight is 286 g/mol. The van der Waals surface area contributed by atoms with E-state index in [2.05, 4.69) is 5.43 Å². The highest BCUT2D eigenvalue weighted by Crippen LogP contribution is 2.08. The highest BCUT2D eigenvalue weighted by Gasteiger charge is 2.17. The molecule has 7 heteroatoms. The molecule has 21 heavy (non-hydrogen) atoms. The molecule has 1 heterocycles. The molecule has 5 nitrogen and oxygen atoms in total. The van der Waals surface area contributed by atoms with Crippen molar-refractivity contribution < 1.29 is 18.7 Å². The van der Waals surface area contributed by atoms with Gasteiger partial charge in [0.05, 0.1) is 12.8 Å². The van der Waals surface area contributed by atoms with Crippen molar-refractivity contribution in [2.75, 3.05) is 12.0 Å². The summed E-state index contributed by atoms with van der Waals surface area (Å²) in [5, 5.41) is 0. The second kappa shape index (κ2) is 6.26. The quantitative estimate of drug-likeness (QED) is 0.673. The Hall–Kier alpha value is -2.57. The molecular weight excluding hydrogens is 274 g/mol. The molecule has 106 valence electrons. The van der Waals surface area contributed by atoms with E-state index in [1.165, 1.54) is 12.1 Å². The highest BCUT2D eigenvalue weighted by molar-refractivity contribution is 6.32. The van der Waals surface area contributed by atoms with Gasteiger partial charge in [0.15, 0.2) is 5.69 Å². The van der Waals surface area contributed by atoms with Crippen LogP contribution in [0.1, 0.15) is 27.8 Å². The number of nitrogens with one attached hydrogen (secondary N) is 1. The Morgan fingerprint density at radius 1 is 1.33 bits per heavy atom. The van der Waals surface area contributed by atoms with E-state index < -0.39 is 17.7 Å². The van der Waals surface area contributed by atoms with Crippen molar-refractivity contribution in [2.24, 2.45) is 0 Å². The zero-order valence-corrected chi connectivity index (χ0v) is 11.3. The Labute approximate surface area is 122 Å². The number of nitrogens with zero attached hydrogens (tertiary/aromatic N) is 1. The lowest BCUT2D eigenvalue weighted by atomic mass is 9.95. The van der Waals surface area contributed by atoms with Gasteiger partial charge >= 0.3 is 5.97 Å². The SMILES string of the molecule is [B]c1ccc(C(=O)Nn2cc(F)cc2C(=O)OCC)cc1. The number of hydrogen-bond acceptors (Lipinski definition) is 3. The molecule has 0 bridgehead atoms. The molecule has 0 aliphatic carbocycles. The van der Waals surface area contributed by atoms with E-state index in [-0.39, 0.29) is 12.3 Å². The fourth-order valence-corrected chi connectivity index (χ4v) is 1.69. The highest BCUT2D eigenvalue weighted by atomic mass is 19.1. The minimum absolute atomic E-state index is 0.0989. The minimum atomic E-state index is -0.723. The zero-order valence-electron chi connectivity index (χ0n) is 11.3. The van der Waals surface area contributed by atoms with Gasteiger partial charge in [-0.15, -0.1) is 0 Å². The second-order valence-corrected chi connectivity index (χ2v) is 4.20. The molecule has 0 aliphatic heterocycles. The molecule has 2 radical (unpaired) electrons. The molecule has 0 saturated heterocycles. The van der Waals surface area contributed by atoms with Crippen molar-refractivity contribution in [1.82, 2.24) is 4.68 Å². The first-order chi connectivity index (χ1) is 10.0.